The number of nitro benzene ring substituents is 1. The van der Waals surface area contributed by atoms with E-state index in [1.54, 1.807) is 24.4 Å². The van der Waals surface area contributed by atoms with Gasteiger partial charge in [-0.3, -0.25) is 10.1 Å². The molecule has 9 heteroatoms. The minimum absolute atomic E-state index is 0.0615. The molecule has 0 bridgehead atoms. The van der Waals surface area contributed by atoms with Gasteiger partial charge < -0.3 is 19.7 Å². The van der Waals surface area contributed by atoms with Gasteiger partial charge in [-0.2, -0.15) is 0 Å². The zero-order valence-electron chi connectivity index (χ0n) is 19.8. The molecule has 3 heterocycles. The summed E-state index contributed by atoms with van der Waals surface area (Å²) in [6.07, 6.45) is 5.40. The molecule has 0 spiro atoms. The van der Waals surface area contributed by atoms with Crippen LogP contribution in [0.5, 0.6) is 0 Å². The van der Waals surface area contributed by atoms with Crippen molar-refractivity contribution in [3.63, 3.8) is 0 Å². The Morgan fingerprint density at radius 3 is 2.63 bits per heavy atom. The number of nitro groups is 1. The molecule has 35 heavy (non-hydrogen) atoms. The van der Waals surface area contributed by atoms with E-state index in [-0.39, 0.29) is 10.6 Å². The number of hydrogen-bond donors (Lipinski definition) is 1. The van der Waals surface area contributed by atoms with E-state index in [1.165, 1.54) is 0 Å². The summed E-state index contributed by atoms with van der Waals surface area (Å²) in [5.41, 5.74) is 4.05. The first-order valence-corrected chi connectivity index (χ1v) is 11.5. The second-order valence-electron chi connectivity index (χ2n) is 8.77. The van der Waals surface area contributed by atoms with Gasteiger partial charge in [0.25, 0.3) is 5.69 Å². The van der Waals surface area contributed by atoms with Crippen LogP contribution in [0.4, 0.5) is 22.9 Å². The predicted molar refractivity (Wildman–Crippen MR) is 140 cm³/mol. The van der Waals surface area contributed by atoms with Crippen LogP contribution in [0.3, 0.4) is 0 Å². The first kappa shape index (κ1) is 22.5. The third-order valence-corrected chi connectivity index (χ3v) is 6.47. The number of nitrogens with zero attached hydrogens (tertiary/aromatic N) is 6. The topological polar surface area (TPSA) is 92.4 Å². The Labute approximate surface area is 203 Å². The van der Waals surface area contributed by atoms with E-state index in [4.69, 9.17) is 0 Å². The fourth-order valence-corrected chi connectivity index (χ4v) is 4.44. The summed E-state index contributed by atoms with van der Waals surface area (Å²) in [5, 5.41) is 16.3. The molecule has 9 nitrogen and oxygen atoms in total. The molecule has 4 aromatic rings. The van der Waals surface area contributed by atoms with Crippen LogP contribution in [-0.2, 0) is 7.05 Å². The third-order valence-electron chi connectivity index (χ3n) is 6.47. The highest BCUT2D eigenvalue weighted by atomic mass is 16.6. The van der Waals surface area contributed by atoms with Crippen molar-refractivity contribution in [1.82, 2.24) is 19.4 Å². The Balaban J connectivity index is 1.48. The highest BCUT2D eigenvalue weighted by molar-refractivity contribution is 5.85. The van der Waals surface area contributed by atoms with Crippen LogP contribution in [0.25, 0.3) is 28.4 Å². The fourth-order valence-electron chi connectivity index (χ4n) is 4.44. The largest absolute Gasteiger partial charge is 0.363 e. The average molecular weight is 470 g/mol. The molecule has 178 valence electrons. The summed E-state index contributed by atoms with van der Waals surface area (Å²) < 4.78 is 2.06. The molecule has 0 aliphatic carbocycles. The van der Waals surface area contributed by atoms with Crippen molar-refractivity contribution in [2.45, 2.75) is 0 Å². The van der Waals surface area contributed by atoms with E-state index < -0.39 is 0 Å². The van der Waals surface area contributed by atoms with E-state index in [0.29, 0.717) is 23.0 Å². The number of fused-ring (bicyclic) bond motifs is 1. The minimum atomic E-state index is -0.327. The summed E-state index contributed by atoms with van der Waals surface area (Å²) in [6, 6.07) is 13.3. The van der Waals surface area contributed by atoms with Gasteiger partial charge >= 0.3 is 0 Å². The van der Waals surface area contributed by atoms with Crippen molar-refractivity contribution < 1.29 is 4.92 Å². The number of hydrogen-bond acceptors (Lipinski definition) is 7. The summed E-state index contributed by atoms with van der Waals surface area (Å²) in [4.78, 5) is 25.0. The Morgan fingerprint density at radius 1 is 1.09 bits per heavy atom. The van der Waals surface area contributed by atoms with E-state index in [1.807, 2.05) is 31.4 Å². The van der Waals surface area contributed by atoms with Crippen molar-refractivity contribution in [1.29, 1.82) is 0 Å². The van der Waals surface area contributed by atoms with Gasteiger partial charge in [-0.15, -0.1) is 0 Å². The molecule has 0 saturated carbocycles. The summed E-state index contributed by atoms with van der Waals surface area (Å²) >= 11 is 0. The van der Waals surface area contributed by atoms with Crippen molar-refractivity contribution >= 4 is 39.9 Å². The standard InChI is InChI=1S/C26H27N7O2/c1-4-18-16-23(32-13-11-30(2)12-14-32)24(33(34)35)17-21(18)28-25-7-9-27-26(29-25)20-5-6-22-19(15-20)8-10-31(22)3/h4-10,15-17H,1,11-14H2,2-3H3,(H,27,28,29). The number of aromatic nitrogens is 3. The Bertz CT molecular complexity index is 1420. The predicted octanol–water partition coefficient (Wildman–Crippen LogP) is 4.68. The van der Waals surface area contributed by atoms with Crippen LogP contribution < -0.4 is 10.2 Å². The van der Waals surface area contributed by atoms with Gasteiger partial charge in [0.05, 0.1) is 10.6 Å². The molecule has 2 aromatic heterocycles. The average Bonchev–Trinajstić information content (AvgIpc) is 3.24. The minimum Gasteiger partial charge on any atom is -0.363 e. The number of nitrogens with one attached hydrogen (secondary N) is 1. The molecule has 0 amide bonds. The lowest BCUT2D eigenvalue weighted by Crippen LogP contribution is -2.44. The summed E-state index contributed by atoms with van der Waals surface area (Å²) in [5.74, 6) is 1.12. The lowest BCUT2D eigenvalue weighted by molar-refractivity contribution is -0.384. The van der Waals surface area contributed by atoms with Crippen LogP contribution in [0.2, 0.25) is 0 Å². The van der Waals surface area contributed by atoms with Crippen LogP contribution >= 0.6 is 0 Å². The van der Waals surface area contributed by atoms with E-state index in [2.05, 4.69) is 55.4 Å². The molecule has 1 aliphatic heterocycles. The lowest BCUT2D eigenvalue weighted by Gasteiger charge is -2.34. The molecule has 0 radical (unpaired) electrons. The number of benzene rings is 2. The molecule has 1 aliphatic rings. The van der Waals surface area contributed by atoms with Crippen LogP contribution in [0.15, 0.2) is 61.4 Å². The van der Waals surface area contributed by atoms with Crippen molar-refractivity contribution in [3.8, 4) is 11.4 Å². The molecule has 1 N–H and O–H groups in total. The number of anilines is 3. The molecule has 2 aromatic carbocycles. The maximum absolute atomic E-state index is 12.0. The zero-order valence-corrected chi connectivity index (χ0v) is 19.8. The third kappa shape index (κ3) is 4.45. The monoisotopic (exact) mass is 469 g/mol. The quantitative estimate of drug-likeness (QED) is 0.324. The molecular formula is C26H27N7O2. The van der Waals surface area contributed by atoms with Gasteiger partial charge in [0.2, 0.25) is 0 Å². The number of aryl methyl sites for hydroxylation is 1. The Hall–Kier alpha value is -4.24. The second kappa shape index (κ2) is 9.19. The first-order valence-electron chi connectivity index (χ1n) is 11.5. The van der Waals surface area contributed by atoms with E-state index in [9.17, 15) is 10.1 Å². The maximum Gasteiger partial charge on any atom is 0.294 e. The van der Waals surface area contributed by atoms with Crippen molar-refractivity contribution in [2.24, 2.45) is 7.05 Å². The summed E-state index contributed by atoms with van der Waals surface area (Å²) in [6.45, 7) is 7.13. The van der Waals surface area contributed by atoms with Crippen LogP contribution in [0, 0.1) is 10.1 Å². The van der Waals surface area contributed by atoms with Gasteiger partial charge in [-0.1, -0.05) is 12.7 Å². The van der Waals surface area contributed by atoms with E-state index in [0.717, 1.165) is 48.2 Å². The second-order valence-corrected chi connectivity index (χ2v) is 8.77. The number of piperazine rings is 1. The maximum atomic E-state index is 12.0. The Kier molecular flexibility index (Phi) is 5.92. The number of likely N-dealkylation sites (N-methyl/N-ethyl adjacent to an activating group) is 1. The first-order chi connectivity index (χ1) is 16.9. The summed E-state index contributed by atoms with van der Waals surface area (Å²) in [7, 11) is 4.07. The van der Waals surface area contributed by atoms with Gasteiger partial charge in [0, 0.05) is 68.2 Å². The lowest BCUT2D eigenvalue weighted by atomic mass is 10.1. The van der Waals surface area contributed by atoms with Gasteiger partial charge in [0.1, 0.15) is 11.5 Å². The smallest absolute Gasteiger partial charge is 0.294 e. The highest BCUT2D eigenvalue weighted by Gasteiger charge is 2.25. The number of rotatable bonds is 6. The van der Waals surface area contributed by atoms with Gasteiger partial charge in [0.15, 0.2) is 5.82 Å². The van der Waals surface area contributed by atoms with E-state index >= 15 is 0 Å². The Morgan fingerprint density at radius 2 is 1.89 bits per heavy atom. The van der Waals surface area contributed by atoms with Crippen LogP contribution in [0.1, 0.15) is 5.56 Å². The zero-order chi connectivity index (χ0) is 24.5. The molecule has 5 rings (SSSR count). The normalized spacial score (nSPS) is 14.3. The molecule has 1 fully saturated rings. The SMILES string of the molecule is C=Cc1cc(N2CCN(C)CC2)c([N+](=O)[O-])cc1Nc1ccnc(-c2ccc3c(ccn3C)c2)n1. The van der Waals surface area contributed by atoms with Crippen LogP contribution in [-0.4, -0.2) is 57.6 Å². The molecular weight excluding hydrogens is 442 g/mol. The molecule has 0 unspecified atom stereocenters. The fraction of sp³-hybridized carbons (Fsp3) is 0.231. The molecule has 0 atom stereocenters. The van der Waals surface area contributed by atoms with Gasteiger partial charge in [-0.05, 0) is 49.0 Å². The molecule has 1 saturated heterocycles. The van der Waals surface area contributed by atoms with Gasteiger partial charge in [-0.25, -0.2) is 9.97 Å². The highest BCUT2D eigenvalue weighted by Crippen LogP contribution is 2.36. The van der Waals surface area contributed by atoms with Crippen molar-refractivity contribution in [3.05, 3.63) is 77.1 Å². The van der Waals surface area contributed by atoms with Crippen molar-refractivity contribution in [2.75, 3.05) is 43.4 Å².